The monoisotopic (exact) mass is 251 g/mol. The molecule has 0 unspecified atom stereocenters. The van der Waals surface area contributed by atoms with Gasteiger partial charge in [0.15, 0.2) is 0 Å². The first-order chi connectivity index (χ1) is 8.18. The highest BCUT2D eigenvalue weighted by Crippen LogP contribution is 2.33. The maximum Gasteiger partial charge on any atom is 0.223 e. The molecule has 0 aromatic carbocycles. The average Bonchev–Trinajstić information content (AvgIpc) is 2.94. The molecule has 0 radical (unpaired) electrons. The van der Waals surface area contributed by atoms with Gasteiger partial charge in [0.25, 0.3) is 0 Å². The third kappa shape index (κ3) is 3.09. The van der Waals surface area contributed by atoms with E-state index in [1.165, 1.54) is 5.56 Å². The summed E-state index contributed by atoms with van der Waals surface area (Å²) in [5.74, 6) is 0.952. The molecule has 17 heavy (non-hydrogen) atoms. The predicted molar refractivity (Wildman–Crippen MR) is 72.1 cm³/mol. The standard InChI is InChI=1S/C14H21NOS/c1-11(2)5-6-14(16)15-8-3-4-13(15)12-7-9-17-10-12/h7,9-11,13H,3-6,8H2,1-2H3/t13-/m0/s1. The zero-order valence-corrected chi connectivity index (χ0v) is 11.5. The van der Waals surface area contributed by atoms with E-state index in [1.807, 2.05) is 0 Å². The molecular formula is C14H21NOS. The van der Waals surface area contributed by atoms with Crippen LogP contribution in [0.15, 0.2) is 16.8 Å². The molecule has 0 aliphatic carbocycles. The van der Waals surface area contributed by atoms with E-state index >= 15 is 0 Å². The number of thiophene rings is 1. The van der Waals surface area contributed by atoms with E-state index in [4.69, 9.17) is 0 Å². The molecule has 2 heterocycles. The highest BCUT2D eigenvalue weighted by Gasteiger charge is 2.29. The van der Waals surface area contributed by atoms with Gasteiger partial charge in [0.1, 0.15) is 0 Å². The Morgan fingerprint density at radius 2 is 2.41 bits per heavy atom. The van der Waals surface area contributed by atoms with Crippen molar-refractivity contribution in [1.29, 1.82) is 0 Å². The van der Waals surface area contributed by atoms with Gasteiger partial charge in [-0.3, -0.25) is 4.79 Å². The molecule has 0 N–H and O–H groups in total. The summed E-state index contributed by atoms with van der Waals surface area (Å²) >= 11 is 1.72. The first-order valence-corrected chi connectivity index (χ1v) is 7.44. The van der Waals surface area contributed by atoms with Gasteiger partial charge in [0.2, 0.25) is 5.91 Å². The number of amides is 1. The van der Waals surface area contributed by atoms with Crippen LogP contribution in [-0.4, -0.2) is 17.4 Å². The molecule has 0 spiro atoms. The van der Waals surface area contributed by atoms with Crippen molar-refractivity contribution in [2.75, 3.05) is 6.54 Å². The number of hydrogen-bond donors (Lipinski definition) is 0. The minimum atomic E-state index is 0.340. The zero-order valence-electron chi connectivity index (χ0n) is 10.7. The summed E-state index contributed by atoms with van der Waals surface area (Å²) in [6, 6.07) is 2.50. The van der Waals surface area contributed by atoms with E-state index in [9.17, 15) is 4.79 Å². The van der Waals surface area contributed by atoms with E-state index in [1.54, 1.807) is 11.3 Å². The molecule has 1 aromatic heterocycles. The fourth-order valence-corrected chi connectivity index (χ4v) is 3.14. The van der Waals surface area contributed by atoms with Gasteiger partial charge in [-0.05, 0) is 47.6 Å². The minimum absolute atomic E-state index is 0.340. The largest absolute Gasteiger partial charge is 0.336 e. The van der Waals surface area contributed by atoms with Gasteiger partial charge in [0.05, 0.1) is 6.04 Å². The maximum absolute atomic E-state index is 12.2. The van der Waals surface area contributed by atoms with Crippen molar-refractivity contribution < 1.29 is 4.79 Å². The summed E-state index contributed by atoms with van der Waals surface area (Å²) in [5, 5.41) is 4.28. The molecule has 1 aliphatic heterocycles. The Morgan fingerprint density at radius 3 is 3.06 bits per heavy atom. The molecule has 1 aliphatic rings. The number of nitrogens with zero attached hydrogens (tertiary/aromatic N) is 1. The summed E-state index contributed by atoms with van der Waals surface area (Å²) in [7, 11) is 0. The van der Waals surface area contributed by atoms with Crippen LogP contribution in [0.4, 0.5) is 0 Å². The van der Waals surface area contributed by atoms with Crippen LogP contribution in [0.3, 0.4) is 0 Å². The lowest BCUT2D eigenvalue weighted by Gasteiger charge is -2.24. The topological polar surface area (TPSA) is 20.3 Å². The number of rotatable bonds is 4. The number of carbonyl (C=O) groups excluding carboxylic acids is 1. The van der Waals surface area contributed by atoms with E-state index < -0.39 is 0 Å². The second kappa shape index (κ2) is 5.67. The third-order valence-electron chi connectivity index (χ3n) is 3.44. The molecule has 0 saturated carbocycles. The van der Waals surface area contributed by atoms with Gasteiger partial charge >= 0.3 is 0 Å². The van der Waals surface area contributed by atoms with Crippen LogP contribution in [0.25, 0.3) is 0 Å². The Hall–Kier alpha value is -0.830. The Labute approximate surface area is 108 Å². The molecule has 1 aromatic rings. The highest BCUT2D eigenvalue weighted by atomic mass is 32.1. The molecule has 94 valence electrons. The zero-order chi connectivity index (χ0) is 12.3. The van der Waals surface area contributed by atoms with E-state index in [-0.39, 0.29) is 0 Å². The average molecular weight is 251 g/mol. The SMILES string of the molecule is CC(C)CCC(=O)N1CCC[C@H]1c1ccsc1. The lowest BCUT2D eigenvalue weighted by Crippen LogP contribution is -2.30. The Bertz CT molecular complexity index is 358. The van der Waals surface area contributed by atoms with Gasteiger partial charge in [-0.25, -0.2) is 0 Å². The Balaban J connectivity index is 1.97. The number of hydrogen-bond acceptors (Lipinski definition) is 2. The molecule has 1 saturated heterocycles. The van der Waals surface area contributed by atoms with Crippen LogP contribution in [0.5, 0.6) is 0 Å². The summed E-state index contributed by atoms with van der Waals surface area (Å²) in [6.07, 6.45) is 3.99. The second-order valence-corrected chi connectivity index (χ2v) is 6.01. The summed E-state index contributed by atoms with van der Waals surface area (Å²) < 4.78 is 0. The molecule has 2 rings (SSSR count). The molecule has 1 atom stereocenters. The fraction of sp³-hybridized carbons (Fsp3) is 0.643. The molecule has 0 bridgehead atoms. The van der Waals surface area contributed by atoms with Crippen LogP contribution < -0.4 is 0 Å². The van der Waals surface area contributed by atoms with Crippen molar-refractivity contribution in [3.05, 3.63) is 22.4 Å². The van der Waals surface area contributed by atoms with Crippen LogP contribution in [-0.2, 0) is 4.79 Å². The van der Waals surface area contributed by atoms with Crippen LogP contribution >= 0.6 is 11.3 Å². The summed E-state index contributed by atoms with van der Waals surface area (Å²) in [6.45, 7) is 5.29. The lowest BCUT2D eigenvalue weighted by molar-refractivity contribution is -0.132. The molecule has 2 nitrogen and oxygen atoms in total. The van der Waals surface area contributed by atoms with Crippen molar-refractivity contribution in [2.24, 2.45) is 5.92 Å². The quantitative estimate of drug-likeness (QED) is 0.796. The highest BCUT2D eigenvalue weighted by molar-refractivity contribution is 7.07. The van der Waals surface area contributed by atoms with Gasteiger partial charge in [-0.1, -0.05) is 13.8 Å². The van der Waals surface area contributed by atoms with Gasteiger partial charge in [-0.2, -0.15) is 11.3 Å². The second-order valence-electron chi connectivity index (χ2n) is 5.23. The molecular weight excluding hydrogens is 230 g/mol. The van der Waals surface area contributed by atoms with Crippen LogP contribution in [0.1, 0.15) is 51.1 Å². The van der Waals surface area contributed by atoms with Crippen molar-refractivity contribution in [3.63, 3.8) is 0 Å². The third-order valence-corrected chi connectivity index (χ3v) is 4.14. The summed E-state index contributed by atoms with van der Waals surface area (Å²) in [4.78, 5) is 14.3. The Kier molecular flexibility index (Phi) is 4.21. The normalized spacial score (nSPS) is 20.2. The Morgan fingerprint density at radius 1 is 1.59 bits per heavy atom. The van der Waals surface area contributed by atoms with Gasteiger partial charge in [0, 0.05) is 13.0 Å². The minimum Gasteiger partial charge on any atom is -0.336 e. The van der Waals surface area contributed by atoms with E-state index in [0.29, 0.717) is 24.3 Å². The number of likely N-dealkylation sites (tertiary alicyclic amines) is 1. The fourth-order valence-electron chi connectivity index (χ4n) is 2.43. The van der Waals surface area contributed by atoms with E-state index in [0.717, 1.165) is 25.8 Å². The van der Waals surface area contributed by atoms with Crippen LogP contribution in [0, 0.1) is 5.92 Å². The van der Waals surface area contributed by atoms with Crippen molar-refractivity contribution in [3.8, 4) is 0 Å². The first kappa shape index (κ1) is 12.6. The van der Waals surface area contributed by atoms with Crippen molar-refractivity contribution in [2.45, 2.75) is 45.6 Å². The molecule has 1 fully saturated rings. The smallest absolute Gasteiger partial charge is 0.223 e. The lowest BCUT2D eigenvalue weighted by atomic mass is 10.1. The maximum atomic E-state index is 12.2. The first-order valence-electron chi connectivity index (χ1n) is 6.50. The van der Waals surface area contributed by atoms with Crippen molar-refractivity contribution >= 4 is 17.2 Å². The molecule has 3 heteroatoms. The van der Waals surface area contributed by atoms with Gasteiger partial charge in [-0.15, -0.1) is 0 Å². The van der Waals surface area contributed by atoms with E-state index in [2.05, 4.69) is 35.6 Å². The van der Waals surface area contributed by atoms with Gasteiger partial charge < -0.3 is 4.90 Å². The number of carbonyl (C=O) groups is 1. The summed E-state index contributed by atoms with van der Waals surface area (Å²) in [5.41, 5.74) is 1.32. The van der Waals surface area contributed by atoms with Crippen molar-refractivity contribution in [1.82, 2.24) is 4.90 Å². The molecule has 1 amide bonds. The van der Waals surface area contributed by atoms with Crippen LogP contribution in [0.2, 0.25) is 0 Å². The predicted octanol–water partition coefficient (Wildman–Crippen LogP) is 3.85.